The maximum absolute atomic E-state index is 10.8. The van der Waals surface area contributed by atoms with Crippen molar-refractivity contribution in [3.8, 4) is 0 Å². The molecule has 6 nitrogen and oxygen atoms in total. The van der Waals surface area contributed by atoms with Gasteiger partial charge in [0.2, 0.25) is 0 Å². The fourth-order valence-corrected chi connectivity index (χ4v) is 3.13. The lowest BCUT2D eigenvalue weighted by molar-refractivity contribution is -0.384. The van der Waals surface area contributed by atoms with E-state index in [2.05, 4.69) is 29.1 Å². The smallest absolute Gasteiger partial charge is 0.269 e. The van der Waals surface area contributed by atoms with Crippen molar-refractivity contribution in [2.75, 3.05) is 20.1 Å². The molecule has 0 aliphatic carbocycles. The number of rotatable bonds is 3. The van der Waals surface area contributed by atoms with Gasteiger partial charge in [-0.2, -0.15) is 0 Å². The van der Waals surface area contributed by atoms with Gasteiger partial charge in [-0.05, 0) is 23.8 Å². The van der Waals surface area contributed by atoms with Gasteiger partial charge in [0.1, 0.15) is 0 Å². The molecule has 0 aromatic heterocycles. The zero-order chi connectivity index (χ0) is 16.1. The van der Waals surface area contributed by atoms with Gasteiger partial charge in [0, 0.05) is 38.8 Å². The molecule has 1 aromatic rings. The SMILES string of the molecule is CN=C(NCc1cccc([N+](=O)[O-])c1)N1CC(C)CC(C)C1. The molecule has 22 heavy (non-hydrogen) atoms. The molecule has 0 bridgehead atoms. The van der Waals surface area contributed by atoms with Crippen molar-refractivity contribution in [1.82, 2.24) is 10.2 Å². The molecule has 1 aromatic carbocycles. The Balaban J connectivity index is 1.99. The number of benzene rings is 1. The van der Waals surface area contributed by atoms with Crippen molar-refractivity contribution in [1.29, 1.82) is 0 Å². The summed E-state index contributed by atoms with van der Waals surface area (Å²) in [5, 5.41) is 14.1. The highest BCUT2D eigenvalue weighted by Crippen LogP contribution is 2.21. The standard InChI is InChI=1S/C16H24N4O2/c1-12-7-13(2)11-19(10-12)16(17-3)18-9-14-5-4-6-15(8-14)20(21)22/h4-6,8,12-13H,7,9-11H2,1-3H3,(H,17,18). The third kappa shape index (κ3) is 4.19. The van der Waals surface area contributed by atoms with E-state index in [1.165, 1.54) is 12.5 Å². The average Bonchev–Trinajstić information content (AvgIpc) is 2.47. The third-order valence-electron chi connectivity index (χ3n) is 3.95. The number of nitrogens with zero attached hydrogens (tertiary/aromatic N) is 3. The molecule has 2 atom stereocenters. The first-order valence-electron chi connectivity index (χ1n) is 7.68. The van der Waals surface area contributed by atoms with Crippen molar-refractivity contribution < 1.29 is 4.92 Å². The predicted octanol–water partition coefficient (Wildman–Crippen LogP) is 2.65. The number of aliphatic imine (C=N–C) groups is 1. The van der Waals surface area contributed by atoms with Crippen LogP contribution in [0.2, 0.25) is 0 Å². The molecular formula is C16H24N4O2. The summed E-state index contributed by atoms with van der Waals surface area (Å²) in [6.07, 6.45) is 1.25. The lowest BCUT2D eigenvalue weighted by Gasteiger charge is -2.37. The first-order chi connectivity index (χ1) is 10.5. The molecule has 0 radical (unpaired) electrons. The van der Waals surface area contributed by atoms with Crippen molar-refractivity contribution in [2.24, 2.45) is 16.8 Å². The van der Waals surface area contributed by atoms with Gasteiger partial charge in [0.15, 0.2) is 5.96 Å². The summed E-state index contributed by atoms with van der Waals surface area (Å²) < 4.78 is 0. The molecular weight excluding hydrogens is 280 g/mol. The zero-order valence-corrected chi connectivity index (χ0v) is 13.5. The summed E-state index contributed by atoms with van der Waals surface area (Å²) in [6, 6.07) is 6.70. The quantitative estimate of drug-likeness (QED) is 0.403. The maximum Gasteiger partial charge on any atom is 0.269 e. The Morgan fingerprint density at radius 2 is 2.09 bits per heavy atom. The van der Waals surface area contributed by atoms with Crippen LogP contribution in [0.25, 0.3) is 0 Å². The first kappa shape index (κ1) is 16.3. The van der Waals surface area contributed by atoms with Crippen LogP contribution in [0, 0.1) is 22.0 Å². The second kappa shape index (κ2) is 7.24. The topological polar surface area (TPSA) is 70.8 Å². The number of hydrogen-bond donors (Lipinski definition) is 1. The molecule has 1 N–H and O–H groups in total. The average molecular weight is 304 g/mol. The molecule has 6 heteroatoms. The van der Waals surface area contributed by atoms with Gasteiger partial charge < -0.3 is 10.2 Å². The van der Waals surface area contributed by atoms with E-state index in [-0.39, 0.29) is 10.6 Å². The molecule has 0 amide bonds. The third-order valence-corrected chi connectivity index (χ3v) is 3.95. The Hall–Kier alpha value is -2.11. The number of guanidine groups is 1. The minimum absolute atomic E-state index is 0.120. The normalized spacial score (nSPS) is 22.5. The Kier molecular flexibility index (Phi) is 5.35. The Labute approximate surface area is 131 Å². The fraction of sp³-hybridized carbons (Fsp3) is 0.562. The van der Waals surface area contributed by atoms with Crippen LogP contribution in [-0.4, -0.2) is 35.9 Å². The molecule has 120 valence electrons. The number of non-ortho nitro benzene ring substituents is 1. The first-order valence-corrected chi connectivity index (χ1v) is 7.68. The fourth-order valence-electron chi connectivity index (χ4n) is 3.13. The van der Waals surface area contributed by atoms with E-state index in [0.717, 1.165) is 24.6 Å². The van der Waals surface area contributed by atoms with Crippen molar-refractivity contribution in [2.45, 2.75) is 26.8 Å². The van der Waals surface area contributed by atoms with Crippen LogP contribution >= 0.6 is 0 Å². The van der Waals surface area contributed by atoms with Crippen LogP contribution in [0.3, 0.4) is 0 Å². The van der Waals surface area contributed by atoms with E-state index in [0.29, 0.717) is 18.4 Å². The number of nitrogens with one attached hydrogen (secondary N) is 1. The van der Waals surface area contributed by atoms with Gasteiger partial charge >= 0.3 is 0 Å². The molecule has 1 aliphatic rings. The van der Waals surface area contributed by atoms with Gasteiger partial charge in [-0.15, -0.1) is 0 Å². The summed E-state index contributed by atoms with van der Waals surface area (Å²) in [6.45, 7) is 7.05. The predicted molar refractivity (Wildman–Crippen MR) is 87.8 cm³/mol. The van der Waals surface area contributed by atoms with Gasteiger partial charge in [-0.25, -0.2) is 0 Å². The van der Waals surface area contributed by atoms with E-state index in [1.807, 2.05) is 6.07 Å². The molecule has 1 heterocycles. The van der Waals surface area contributed by atoms with Crippen LogP contribution in [0.1, 0.15) is 25.8 Å². The van der Waals surface area contributed by atoms with Crippen LogP contribution in [0.4, 0.5) is 5.69 Å². The summed E-state index contributed by atoms with van der Waals surface area (Å²) in [4.78, 5) is 17.1. The Morgan fingerprint density at radius 1 is 1.41 bits per heavy atom. The molecule has 1 saturated heterocycles. The summed E-state index contributed by atoms with van der Waals surface area (Å²) in [7, 11) is 1.78. The van der Waals surface area contributed by atoms with E-state index in [1.54, 1.807) is 19.2 Å². The minimum atomic E-state index is -0.369. The second-order valence-electron chi connectivity index (χ2n) is 6.18. The number of hydrogen-bond acceptors (Lipinski definition) is 3. The molecule has 1 aliphatic heterocycles. The van der Waals surface area contributed by atoms with Crippen LogP contribution in [0.5, 0.6) is 0 Å². The summed E-state index contributed by atoms with van der Waals surface area (Å²) in [5.41, 5.74) is 1.00. The summed E-state index contributed by atoms with van der Waals surface area (Å²) >= 11 is 0. The highest BCUT2D eigenvalue weighted by molar-refractivity contribution is 5.80. The number of nitro benzene ring substituents is 1. The molecule has 1 fully saturated rings. The van der Waals surface area contributed by atoms with Gasteiger partial charge in [0.05, 0.1) is 4.92 Å². The highest BCUT2D eigenvalue weighted by atomic mass is 16.6. The van der Waals surface area contributed by atoms with Crippen molar-refractivity contribution in [3.05, 3.63) is 39.9 Å². The van der Waals surface area contributed by atoms with Crippen LogP contribution in [0.15, 0.2) is 29.3 Å². The molecule has 0 spiro atoms. The minimum Gasteiger partial charge on any atom is -0.352 e. The van der Waals surface area contributed by atoms with E-state index < -0.39 is 0 Å². The van der Waals surface area contributed by atoms with Gasteiger partial charge in [-0.1, -0.05) is 26.0 Å². The molecule has 0 saturated carbocycles. The monoisotopic (exact) mass is 304 g/mol. The summed E-state index contributed by atoms with van der Waals surface area (Å²) in [5.74, 6) is 2.17. The van der Waals surface area contributed by atoms with Gasteiger partial charge in [-0.3, -0.25) is 15.1 Å². The van der Waals surface area contributed by atoms with Crippen molar-refractivity contribution in [3.63, 3.8) is 0 Å². The van der Waals surface area contributed by atoms with Gasteiger partial charge in [0.25, 0.3) is 5.69 Å². The Bertz CT molecular complexity index is 549. The van der Waals surface area contributed by atoms with Crippen molar-refractivity contribution >= 4 is 11.6 Å². The maximum atomic E-state index is 10.8. The van der Waals surface area contributed by atoms with Crippen LogP contribution < -0.4 is 5.32 Å². The number of nitro groups is 1. The van der Waals surface area contributed by atoms with E-state index >= 15 is 0 Å². The van der Waals surface area contributed by atoms with E-state index in [4.69, 9.17) is 0 Å². The molecule has 2 unspecified atom stereocenters. The molecule has 2 rings (SSSR count). The largest absolute Gasteiger partial charge is 0.352 e. The Morgan fingerprint density at radius 3 is 2.68 bits per heavy atom. The highest BCUT2D eigenvalue weighted by Gasteiger charge is 2.23. The lowest BCUT2D eigenvalue weighted by Crippen LogP contribution is -2.48. The zero-order valence-electron chi connectivity index (χ0n) is 13.5. The number of likely N-dealkylation sites (tertiary alicyclic amines) is 1. The van der Waals surface area contributed by atoms with E-state index in [9.17, 15) is 10.1 Å². The van der Waals surface area contributed by atoms with Crippen LogP contribution in [-0.2, 0) is 6.54 Å². The second-order valence-corrected chi connectivity index (χ2v) is 6.18. The number of piperidine rings is 1. The lowest BCUT2D eigenvalue weighted by atomic mass is 9.92.